The van der Waals surface area contributed by atoms with Gasteiger partial charge in [0.25, 0.3) is 0 Å². The lowest BCUT2D eigenvalue weighted by Crippen LogP contribution is -2.41. The number of Topliss-reactive ketones (excluding diaryl/α,β-unsaturated/α-hetero) is 1. The Kier molecular flexibility index (Phi) is 2.62. The highest BCUT2D eigenvalue weighted by molar-refractivity contribution is 5.82. The van der Waals surface area contributed by atoms with Crippen LogP contribution in [0.1, 0.15) is 19.8 Å². The van der Waals surface area contributed by atoms with Crippen LogP contribution in [-0.4, -0.2) is 30.7 Å². The first kappa shape index (κ1) is 8.68. The number of rotatable bonds is 2. The fourth-order valence-electron chi connectivity index (χ4n) is 1.37. The van der Waals surface area contributed by atoms with Crippen LogP contribution in [0.25, 0.3) is 0 Å². The van der Waals surface area contributed by atoms with Crippen molar-refractivity contribution in [2.75, 3.05) is 19.8 Å². The molecule has 1 N–H and O–H groups in total. The number of ketones is 1. The number of carbonyl (C=O) groups excluding carboxylic acids is 1. The Morgan fingerprint density at radius 2 is 2.45 bits per heavy atom. The van der Waals surface area contributed by atoms with E-state index in [0.29, 0.717) is 6.61 Å². The lowest BCUT2D eigenvalue weighted by atomic mass is 9.80. The first-order valence-corrected chi connectivity index (χ1v) is 3.91. The molecule has 0 saturated carbocycles. The zero-order chi connectivity index (χ0) is 8.32. The molecular formula is C8H14O3. The summed E-state index contributed by atoms with van der Waals surface area (Å²) in [6.07, 6.45) is 1.64. The van der Waals surface area contributed by atoms with E-state index < -0.39 is 5.41 Å². The monoisotopic (exact) mass is 158 g/mol. The average Bonchev–Trinajstić information content (AvgIpc) is 2.05. The minimum Gasteiger partial charge on any atom is -0.395 e. The Bertz CT molecular complexity index is 147. The number of carbonyl (C=O) groups is 1. The number of ether oxygens (including phenoxy) is 1. The third-order valence-electron chi connectivity index (χ3n) is 2.37. The van der Waals surface area contributed by atoms with Crippen LogP contribution in [0, 0.1) is 5.41 Å². The summed E-state index contributed by atoms with van der Waals surface area (Å²) >= 11 is 0. The quantitative estimate of drug-likeness (QED) is 0.631. The molecule has 1 aliphatic heterocycles. The fourth-order valence-corrected chi connectivity index (χ4v) is 1.37. The summed E-state index contributed by atoms with van der Waals surface area (Å²) in [5, 5.41) is 9.01. The van der Waals surface area contributed by atoms with Crippen molar-refractivity contribution >= 4 is 5.78 Å². The summed E-state index contributed by atoms with van der Waals surface area (Å²) in [5.74, 6) is 0.0414. The Morgan fingerprint density at radius 1 is 1.73 bits per heavy atom. The van der Waals surface area contributed by atoms with E-state index in [0.717, 1.165) is 19.4 Å². The molecule has 0 aromatic rings. The molecular weight excluding hydrogens is 144 g/mol. The van der Waals surface area contributed by atoms with E-state index in [1.54, 1.807) is 0 Å². The van der Waals surface area contributed by atoms with Gasteiger partial charge in [0.2, 0.25) is 0 Å². The standard InChI is InChI=1S/C8H14O3/c1-7(10)8(5-9)3-2-4-11-6-8/h9H,2-6H2,1H3. The molecule has 1 unspecified atom stereocenters. The van der Waals surface area contributed by atoms with Gasteiger partial charge in [-0.25, -0.2) is 0 Å². The van der Waals surface area contributed by atoms with Crippen molar-refractivity contribution < 1.29 is 14.6 Å². The molecule has 1 rings (SSSR count). The fraction of sp³-hybridized carbons (Fsp3) is 0.875. The second-order valence-electron chi connectivity index (χ2n) is 3.15. The van der Waals surface area contributed by atoms with Crippen molar-refractivity contribution in [2.45, 2.75) is 19.8 Å². The van der Waals surface area contributed by atoms with Gasteiger partial charge in [-0.3, -0.25) is 4.79 Å². The van der Waals surface area contributed by atoms with E-state index in [9.17, 15) is 4.79 Å². The summed E-state index contributed by atoms with van der Waals surface area (Å²) in [7, 11) is 0. The molecule has 0 spiro atoms. The van der Waals surface area contributed by atoms with Crippen molar-refractivity contribution in [3.05, 3.63) is 0 Å². The third-order valence-corrected chi connectivity index (χ3v) is 2.37. The number of aliphatic hydroxyl groups excluding tert-OH is 1. The predicted octanol–water partition coefficient (Wildman–Crippen LogP) is 0.365. The van der Waals surface area contributed by atoms with Crippen LogP contribution >= 0.6 is 0 Å². The van der Waals surface area contributed by atoms with Crippen LogP contribution in [0.3, 0.4) is 0 Å². The number of hydrogen-bond donors (Lipinski definition) is 1. The van der Waals surface area contributed by atoms with Gasteiger partial charge in [0.05, 0.1) is 18.6 Å². The molecule has 0 radical (unpaired) electrons. The molecule has 0 amide bonds. The van der Waals surface area contributed by atoms with Crippen molar-refractivity contribution in [3.8, 4) is 0 Å². The van der Waals surface area contributed by atoms with E-state index in [2.05, 4.69) is 0 Å². The van der Waals surface area contributed by atoms with Crippen LogP contribution in [-0.2, 0) is 9.53 Å². The molecule has 1 atom stereocenters. The van der Waals surface area contributed by atoms with Crippen molar-refractivity contribution in [1.82, 2.24) is 0 Å². The molecule has 11 heavy (non-hydrogen) atoms. The predicted molar refractivity (Wildman–Crippen MR) is 40.3 cm³/mol. The highest BCUT2D eigenvalue weighted by Crippen LogP contribution is 2.28. The van der Waals surface area contributed by atoms with E-state index in [1.807, 2.05) is 0 Å². The smallest absolute Gasteiger partial charge is 0.140 e. The van der Waals surface area contributed by atoms with Crippen molar-refractivity contribution in [1.29, 1.82) is 0 Å². The first-order valence-electron chi connectivity index (χ1n) is 3.91. The molecule has 0 aliphatic carbocycles. The molecule has 1 aliphatic rings. The maximum absolute atomic E-state index is 11.1. The average molecular weight is 158 g/mol. The summed E-state index contributed by atoms with van der Waals surface area (Å²) < 4.78 is 5.16. The van der Waals surface area contributed by atoms with E-state index >= 15 is 0 Å². The summed E-state index contributed by atoms with van der Waals surface area (Å²) in [4.78, 5) is 11.1. The van der Waals surface area contributed by atoms with Crippen LogP contribution in [0.15, 0.2) is 0 Å². The second kappa shape index (κ2) is 3.32. The molecule has 64 valence electrons. The normalized spacial score (nSPS) is 31.8. The van der Waals surface area contributed by atoms with Crippen LogP contribution in [0.2, 0.25) is 0 Å². The van der Waals surface area contributed by atoms with Gasteiger partial charge in [0.1, 0.15) is 5.78 Å². The first-order chi connectivity index (χ1) is 5.21. The van der Waals surface area contributed by atoms with Gasteiger partial charge < -0.3 is 9.84 Å². The minimum atomic E-state index is -0.585. The highest BCUT2D eigenvalue weighted by Gasteiger charge is 2.36. The third kappa shape index (κ3) is 1.60. The Labute approximate surface area is 66.4 Å². The SMILES string of the molecule is CC(=O)C1(CO)CCCOC1. The molecule has 0 aromatic carbocycles. The molecule has 3 nitrogen and oxygen atoms in total. The lowest BCUT2D eigenvalue weighted by Gasteiger charge is -2.32. The maximum atomic E-state index is 11.1. The topological polar surface area (TPSA) is 46.5 Å². The molecule has 1 fully saturated rings. The van der Waals surface area contributed by atoms with Crippen molar-refractivity contribution in [3.63, 3.8) is 0 Å². The van der Waals surface area contributed by atoms with Gasteiger partial charge in [-0.05, 0) is 19.8 Å². The maximum Gasteiger partial charge on any atom is 0.140 e. The van der Waals surface area contributed by atoms with Crippen LogP contribution in [0.5, 0.6) is 0 Å². The van der Waals surface area contributed by atoms with Crippen LogP contribution < -0.4 is 0 Å². The zero-order valence-electron chi connectivity index (χ0n) is 6.80. The summed E-state index contributed by atoms with van der Waals surface area (Å²) in [6.45, 7) is 2.54. The Hall–Kier alpha value is -0.410. The molecule has 3 heteroatoms. The van der Waals surface area contributed by atoms with Gasteiger partial charge >= 0.3 is 0 Å². The Morgan fingerprint density at radius 3 is 2.73 bits per heavy atom. The number of aliphatic hydroxyl groups is 1. The molecule has 1 heterocycles. The summed E-state index contributed by atoms with van der Waals surface area (Å²) in [5.41, 5.74) is -0.585. The molecule has 0 bridgehead atoms. The van der Waals surface area contributed by atoms with Gasteiger partial charge in [0, 0.05) is 6.61 Å². The van der Waals surface area contributed by atoms with E-state index in [4.69, 9.17) is 9.84 Å². The summed E-state index contributed by atoms with van der Waals surface area (Å²) in [6, 6.07) is 0. The molecule has 1 saturated heterocycles. The molecule has 0 aromatic heterocycles. The van der Waals surface area contributed by atoms with Gasteiger partial charge in [0.15, 0.2) is 0 Å². The Balaban J connectivity index is 2.64. The highest BCUT2D eigenvalue weighted by atomic mass is 16.5. The van der Waals surface area contributed by atoms with Crippen LogP contribution in [0.4, 0.5) is 0 Å². The van der Waals surface area contributed by atoms with E-state index in [-0.39, 0.29) is 12.4 Å². The second-order valence-corrected chi connectivity index (χ2v) is 3.15. The van der Waals surface area contributed by atoms with Gasteiger partial charge in [-0.1, -0.05) is 0 Å². The van der Waals surface area contributed by atoms with E-state index in [1.165, 1.54) is 6.92 Å². The largest absolute Gasteiger partial charge is 0.395 e. The van der Waals surface area contributed by atoms with Gasteiger partial charge in [-0.2, -0.15) is 0 Å². The zero-order valence-corrected chi connectivity index (χ0v) is 6.80. The van der Waals surface area contributed by atoms with Gasteiger partial charge in [-0.15, -0.1) is 0 Å². The lowest BCUT2D eigenvalue weighted by molar-refractivity contribution is -0.138. The number of hydrogen-bond acceptors (Lipinski definition) is 3. The minimum absolute atomic E-state index is 0.0414. The van der Waals surface area contributed by atoms with Crippen molar-refractivity contribution in [2.24, 2.45) is 5.41 Å².